The number of rotatable bonds is 6. The number of hydrogen-bond acceptors (Lipinski definition) is 3. The summed E-state index contributed by atoms with van der Waals surface area (Å²) in [5, 5.41) is 13.3. The Hall–Kier alpha value is -2.50. The highest BCUT2D eigenvalue weighted by atomic mass is 16.5. The van der Waals surface area contributed by atoms with E-state index in [-0.39, 0.29) is 6.03 Å². The molecule has 1 fully saturated rings. The van der Waals surface area contributed by atoms with E-state index in [2.05, 4.69) is 20.8 Å². The van der Waals surface area contributed by atoms with Gasteiger partial charge in [-0.15, -0.1) is 0 Å². The summed E-state index contributed by atoms with van der Waals surface area (Å²) < 4.78 is 5.43. The van der Waals surface area contributed by atoms with E-state index in [1.54, 1.807) is 7.11 Å². The molecule has 0 atom stereocenters. The molecule has 0 spiro atoms. The van der Waals surface area contributed by atoms with Gasteiger partial charge in [-0.25, -0.2) is 4.79 Å². The Morgan fingerprint density at radius 3 is 2.87 bits per heavy atom. The normalized spacial score (nSPS) is 13.7. The van der Waals surface area contributed by atoms with Crippen LogP contribution in [0, 0.1) is 0 Å². The molecule has 2 aromatic rings. The highest BCUT2D eigenvalue weighted by molar-refractivity contribution is 5.95. The second-order valence-electron chi connectivity index (χ2n) is 5.72. The second kappa shape index (κ2) is 6.73. The van der Waals surface area contributed by atoms with Gasteiger partial charge in [0.1, 0.15) is 11.4 Å². The van der Waals surface area contributed by atoms with Crippen LogP contribution in [0.1, 0.15) is 37.8 Å². The van der Waals surface area contributed by atoms with E-state index < -0.39 is 0 Å². The summed E-state index contributed by atoms with van der Waals surface area (Å²) in [5.74, 6) is 1.19. The monoisotopic (exact) mass is 314 g/mol. The zero-order valence-corrected chi connectivity index (χ0v) is 13.5. The first kappa shape index (κ1) is 15.4. The molecule has 3 N–H and O–H groups in total. The number of nitrogens with one attached hydrogen (secondary N) is 3. The lowest BCUT2D eigenvalue weighted by atomic mass is 10.1. The first-order valence-corrected chi connectivity index (χ1v) is 8.01. The molecule has 1 aromatic carbocycles. The topological polar surface area (TPSA) is 79.0 Å². The Labute approximate surface area is 135 Å². The maximum atomic E-state index is 12.1. The summed E-state index contributed by atoms with van der Waals surface area (Å²) in [6.45, 7) is 2.67. The van der Waals surface area contributed by atoms with Crippen LogP contribution in [-0.4, -0.2) is 29.9 Å². The van der Waals surface area contributed by atoms with Gasteiger partial charge in [0.2, 0.25) is 0 Å². The van der Waals surface area contributed by atoms with Crippen molar-refractivity contribution in [2.24, 2.45) is 0 Å². The van der Waals surface area contributed by atoms with E-state index in [9.17, 15) is 4.79 Å². The third-order valence-electron chi connectivity index (χ3n) is 3.92. The van der Waals surface area contributed by atoms with Gasteiger partial charge in [0.05, 0.1) is 18.5 Å². The number of nitrogens with zero attached hydrogens (tertiary/aromatic N) is 1. The van der Waals surface area contributed by atoms with Gasteiger partial charge in [-0.2, -0.15) is 5.10 Å². The van der Waals surface area contributed by atoms with Crippen molar-refractivity contribution in [3.63, 3.8) is 0 Å². The number of H-pyrrole nitrogens is 1. The van der Waals surface area contributed by atoms with E-state index >= 15 is 0 Å². The van der Waals surface area contributed by atoms with E-state index in [1.807, 2.05) is 31.2 Å². The number of para-hydroxylation sites is 1. The van der Waals surface area contributed by atoms with Crippen molar-refractivity contribution in [1.29, 1.82) is 0 Å². The molecule has 0 aliphatic heterocycles. The maximum absolute atomic E-state index is 12.1. The van der Waals surface area contributed by atoms with Gasteiger partial charge in [0, 0.05) is 18.0 Å². The molecule has 1 aromatic heterocycles. The molecule has 0 radical (unpaired) electrons. The van der Waals surface area contributed by atoms with Crippen LogP contribution in [0.2, 0.25) is 0 Å². The Morgan fingerprint density at radius 1 is 1.39 bits per heavy atom. The van der Waals surface area contributed by atoms with E-state index in [0.717, 1.165) is 47.7 Å². The van der Waals surface area contributed by atoms with Gasteiger partial charge in [-0.1, -0.05) is 19.1 Å². The van der Waals surface area contributed by atoms with Crippen LogP contribution >= 0.6 is 0 Å². The fourth-order valence-corrected chi connectivity index (χ4v) is 2.58. The first-order chi connectivity index (χ1) is 11.2. The van der Waals surface area contributed by atoms with Crippen LogP contribution < -0.4 is 15.4 Å². The van der Waals surface area contributed by atoms with E-state index in [0.29, 0.717) is 12.5 Å². The molecular formula is C17H22N4O2. The quantitative estimate of drug-likeness (QED) is 0.763. The van der Waals surface area contributed by atoms with Gasteiger partial charge in [-0.05, 0) is 31.4 Å². The fourth-order valence-electron chi connectivity index (χ4n) is 2.58. The molecule has 1 aliphatic rings. The SMILES string of the molecule is CCCNC(=O)Nc1c(-c2ccccc2OC)n[nH]c1C1CC1. The van der Waals surface area contributed by atoms with Crippen LogP contribution in [0.3, 0.4) is 0 Å². The number of methoxy groups -OCH3 is 1. The number of anilines is 1. The fraction of sp³-hybridized carbons (Fsp3) is 0.412. The lowest BCUT2D eigenvalue weighted by Gasteiger charge is -2.11. The highest BCUT2D eigenvalue weighted by Crippen LogP contribution is 2.46. The standard InChI is InChI=1S/C17H22N4O2/c1-3-10-18-17(22)19-16-14(11-8-9-11)20-21-15(16)12-6-4-5-7-13(12)23-2/h4-7,11H,3,8-10H2,1-2H3,(H,20,21)(H2,18,19,22). The lowest BCUT2D eigenvalue weighted by Crippen LogP contribution is -2.29. The van der Waals surface area contributed by atoms with Crippen LogP contribution in [0.4, 0.5) is 10.5 Å². The molecule has 23 heavy (non-hydrogen) atoms. The number of carbonyl (C=O) groups excluding carboxylic acids is 1. The Kier molecular flexibility index (Phi) is 4.50. The first-order valence-electron chi connectivity index (χ1n) is 8.01. The Balaban J connectivity index is 1.95. The van der Waals surface area contributed by atoms with Crippen molar-refractivity contribution in [2.75, 3.05) is 19.0 Å². The number of aromatic nitrogens is 2. The number of carbonyl (C=O) groups is 1. The summed E-state index contributed by atoms with van der Waals surface area (Å²) >= 11 is 0. The zero-order chi connectivity index (χ0) is 16.2. The van der Waals surface area contributed by atoms with E-state index in [4.69, 9.17) is 4.74 Å². The maximum Gasteiger partial charge on any atom is 0.319 e. The van der Waals surface area contributed by atoms with Crippen molar-refractivity contribution in [2.45, 2.75) is 32.1 Å². The van der Waals surface area contributed by atoms with Crippen molar-refractivity contribution >= 4 is 11.7 Å². The molecular weight excluding hydrogens is 292 g/mol. The number of benzene rings is 1. The summed E-state index contributed by atoms with van der Waals surface area (Å²) in [7, 11) is 1.63. The number of hydrogen-bond donors (Lipinski definition) is 3. The molecule has 0 bridgehead atoms. The van der Waals surface area contributed by atoms with Crippen LogP contribution in [0.25, 0.3) is 11.3 Å². The minimum atomic E-state index is -0.203. The largest absolute Gasteiger partial charge is 0.496 e. The van der Waals surface area contributed by atoms with Crippen molar-refractivity contribution in [1.82, 2.24) is 15.5 Å². The number of aromatic amines is 1. The second-order valence-corrected chi connectivity index (χ2v) is 5.72. The Morgan fingerprint density at radius 2 is 2.17 bits per heavy atom. The molecule has 2 amide bonds. The number of urea groups is 1. The molecule has 6 heteroatoms. The predicted molar refractivity (Wildman–Crippen MR) is 89.9 cm³/mol. The molecule has 0 unspecified atom stereocenters. The van der Waals surface area contributed by atoms with Crippen molar-refractivity contribution in [3.8, 4) is 17.0 Å². The van der Waals surface area contributed by atoms with Crippen LogP contribution in [0.15, 0.2) is 24.3 Å². The van der Waals surface area contributed by atoms with Gasteiger partial charge in [-0.3, -0.25) is 5.10 Å². The molecule has 1 saturated carbocycles. The predicted octanol–water partition coefficient (Wildman–Crippen LogP) is 3.49. The minimum Gasteiger partial charge on any atom is -0.496 e. The van der Waals surface area contributed by atoms with Crippen molar-refractivity contribution < 1.29 is 9.53 Å². The van der Waals surface area contributed by atoms with Crippen LogP contribution in [-0.2, 0) is 0 Å². The third-order valence-corrected chi connectivity index (χ3v) is 3.92. The summed E-state index contributed by atoms with van der Waals surface area (Å²) in [6, 6.07) is 7.48. The smallest absolute Gasteiger partial charge is 0.319 e. The van der Waals surface area contributed by atoms with E-state index in [1.165, 1.54) is 0 Å². The Bertz CT molecular complexity index is 692. The van der Waals surface area contributed by atoms with Gasteiger partial charge in [0.25, 0.3) is 0 Å². The third kappa shape index (κ3) is 3.31. The lowest BCUT2D eigenvalue weighted by molar-refractivity contribution is 0.252. The minimum absolute atomic E-state index is 0.203. The molecule has 122 valence electrons. The molecule has 1 aliphatic carbocycles. The molecule has 6 nitrogen and oxygen atoms in total. The summed E-state index contributed by atoms with van der Waals surface area (Å²) in [4.78, 5) is 12.1. The summed E-state index contributed by atoms with van der Waals surface area (Å²) in [6.07, 6.45) is 3.14. The summed E-state index contributed by atoms with van der Waals surface area (Å²) in [5.41, 5.74) is 3.34. The van der Waals surface area contributed by atoms with Crippen LogP contribution in [0.5, 0.6) is 5.75 Å². The number of amides is 2. The average molecular weight is 314 g/mol. The van der Waals surface area contributed by atoms with Gasteiger partial charge >= 0.3 is 6.03 Å². The molecule has 1 heterocycles. The van der Waals surface area contributed by atoms with Crippen molar-refractivity contribution in [3.05, 3.63) is 30.0 Å². The molecule has 0 saturated heterocycles. The zero-order valence-electron chi connectivity index (χ0n) is 13.5. The molecule has 3 rings (SSSR count). The van der Waals surface area contributed by atoms with Gasteiger partial charge < -0.3 is 15.4 Å². The highest BCUT2D eigenvalue weighted by Gasteiger charge is 2.31. The number of ether oxygens (including phenoxy) is 1. The van der Waals surface area contributed by atoms with Gasteiger partial charge in [0.15, 0.2) is 0 Å². The average Bonchev–Trinajstić information content (AvgIpc) is 3.34.